The van der Waals surface area contributed by atoms with Crippen molar-refractivity contribution in [3.8, 4) is 0 Å². The van der Waals surface area contributed by atoms with Gasteiger partial charge in [-0.3, -0.25) is 4.99 Å². The first kappa shape index (κ1) is 21.7. The van der Waals surface area contributed by atoms with E-state index >= 15 is 0 Å². The number of hydrogen-bond acceptors (Lipinski definition) is 3. The molecule has 2 N–H and O–H groups in total. The number of rotatable bonds is 13. The summed E-state index contributed by atoms with van der Waals surface area (Å²) in [5, 5.41) is 6.77. The molecule has 152 valence electrons. The van der Waals surface area contributed by atoms with E-state index < -0.39 is 0 Å². The fourth-order valence-electron chi connectivity index (χ4n) is 3.04. The lowest BCUT2D eigenvalue weighted by molar-refractivity contribution is 0.0646. The van der Waals surface area contributed by atoms with Crippen LogP contribution in [0.1, 0.15) is 58.1 Å². The van der Waals surface area contributed by atoms with Crippen LogP contribution >= 0.6 is 0 Å². The van der Waals surface area contributed by atoms with Gasteiger partial charge in [0.25, 0.3) is 0 Å². The minimum absolute atomic E-state index is 0.133. The highest BCUT2D eigenvalue weighted by Crippen LogP contribution is 2.48. The van der Waals surface area contributed by atoms with Crippen LogP contribution in [0.3, 0.4) is 0 Å². The van der Waals surface area contributed by atoms with Crippen molar-refractivity contribution in [2.75, 3.05) is 39.5 Å². The zero-order chi connectivity index (χ0) is 19.4. The molecule has 0 aromatic heterocycles. The summed E-state index contributed by atoms with van der Waals surface area (Å²) in [4.78, 5) is 4.80. The van der Waals surface area contributed by atoms with Gasteiger partial charge in [0.05, 0.1) is 6.10 Å². The van der Waals surface area contributed by atoms with E-state index in [0.29, 0.717) is 5.41 Å². The predicted molar refractivity (Wildman–Crippen MR) is 112 cm³/mol. The highest BCUT2D eigenvalue weighted by molar-refractivity contribution is 5.79. The van der Waals surface area contributed by atoms with E-state index in [1.807, 2.05) is 6.07 Å². The van der Waals surface area contributed by atoms with Gasteiger partial charge in [-0.05, 0) is 57.4 Å². The first-order valence-corrected chi connectivity index (χ1v) is 10.5. The molecule has 0 heterocycles. The van der Waals surface area contributed by atoms with Crippen LogP contribution in [0.25, 0.3) is 0 Å². The van der Waals surface area contributed by atoms with Gasteiger partial charge in [-0.15, -0.1) is 0 Å². The largest absolute Gasteiger partial charge is 0.382 e. The van der Waals surface area contributed by atoms with E-state index in [9.17, 15) is 0 Å². The molecular formula is C22H37N3O2. The monoisotopic (exact) mass is 375 g/mol. The minimum atomic E-state index is 0.133. The van der Waals surface area contributed by atoms with E-state index in [2.05, 4.69) is 55.7 Å². The molecule has 0 bridgehead atoms. The molecule has 0 amide bonds. The lowest BCUT2D eigenvalue weighted by Crippen LogP contribution is -2.38. The SMILES string of the molecule is CCNC(=NCC1(CCOCC)CC1)NCCCOC(C)c1ccccc1. The molecule has 0 radical (unpaired) electrons. The molecule has 1 fully saturated rings. The Morgan fingerprint density at radius 1 is 1.15 bits per heavy atom. The Labute approximate surface area is 164 Å². The van der Waals surface area contributed by atoms with Gasteiger partial charge in [0.1, 0.15) is 0 Å². The quantitative estimate of drug-likeness (QED) is 0.312. The van der Waals surface area contributed by atoms with Crippen molar-refractivity contribution in [3.63, 3.8) is 0 Å². The van der Waals surface area contributed by atoms with Crippen LogP contribution in [0.2, 0.25) is 0 Å². The van der Waals surface area contributed by atoms with E-state index in [1.165, 1.54) is 18.4 Å². The number of guanidine groups is 1. The number of benzene rings is 1. The molecule has 1 aromatic rings. The zero-order valence-electron chi connectivity index (χ0n) is 17.3. The van der Waals surface area contributed by atoms with Gasteiger partial charge in [0.15, 0.2) is 5.96 Å². The second-order valence-electron chi connectivity index (χ2n) is 7.35. The Kier molecular flexibility index (Phi) is 9.64. The second kappa shape index (κ2) is 12.0. The highest BCUT2D eigenvalue weighted by Gasteiger charge is 2.41. The van der Waals surface area contributed by atoms with Gasteiger partial charge in [0, 0.05) is 39.5 Å². The molecular weight excluding hydrogens is 338 g/mol. The molecule has 1 saturated carbocycles. The number of nitrogens with one attached hydrogen (secondary N) is 2. The second-order valence-corrected chi connectivity index (χ2v) is 7.35. The van der Waals surface area contributed by atoms with Crippen molar-refractivity contribution >= 4 is 5.96 Å². The molecule has 1 aromatic carbocycles. The van der Waals surface area contributed by atoms with E-state index in [4.69, 9.17) is 14.5 Å². The average molecular weight is 376 g/mol. The van der Waals surface area contributed by atoms with Gasteiger partial charge in [-0.1, -0.05) is 30.3 Å². The van der Waals surface area contributed by atoms with Crippen molar-refractivity contribution in [1.29, 1.82) is 0 Å². The van der Waals surface area contributed by atoms with E-state index in [-0.39, 0.29) is 6.10 Å². The predicted octanol–water partition coefficient (Wildman–Crippen LogP) is 3.92. The number of hydrogen-bond donors (Lipinski definition) is 2. The third-order valence-corrected chi connectivity index (χ3v) is 5.11. The fourth-order valence-corrected chi connectivity index (χ4v) is 3.04. The molecule has 5 nitrogen and oxygen atoms in total. The van der Waals surface area contributed by atoms with Gasteiger partial charge in [-0.2, -0.15) is 0 Å². The zero-order valence-corrected chi connectivity index (χ0v) is 17.3. The minimum Gasteiger partial charge on any atom is -0.382 e. The Bertz CT molecular complexity index is 544. The lowest BCUT2D eigenvalue weighted by Gasteiger charge is -2.16. The Morgan fingerprint density at radius 2 is 1.93 bits per heavy atom. The number of nitrogens with zero attached hydrogens (tertiary/aromatic N) is 1. The topological polar surface area (TPSA) is 54.9 Å². The maximum absolute atomic E-state index is 5.93. The lowest BCUT2D eigenvalue weighted by atomic mass is 10.0. The van der Waals surface area contributed by atoms with Crippen LogP contribution < -0.4 is 10.6 Å². The first-order valence-electron chi connectivity index (χ1n) is 10.5. The van der Waals surface area contributed by atoms with Crippen molar-refractivity contribution in [1.82, 2.24) is 10.6 Å². The van der Waals surface area contributed by atoms with Gasteiger partial charge >= 0.3 is 0 Å². The van der Waals surface area contributed by atoms with Crippen LogP contribution in [-0.2, 0) is 9.47 Å². The molecule has 5 heteroatoms. The van der Waals surface area contributed by atoms with Gasteiger partial charge in [-0.25, -0.2) is 0 Å². The number of aliphatic imine (C=N–C) groups is 1. The third kappa shape index (κ3) is 8.31. The molecule has 1 aliphatic carbocycles. The summed E-state index contributed by atoms with van der Waals surface area (Å²) in [5.74, 6) is 0.913. The van der Waals surface area contributed by atoms with Crippen molar-refractivity contribution in [3.05, 3.63) is 35.9 Å². The first-order chi connectivity index (χ1) is 13.2. The average Bonchev–Trinajstić information content (AvgIpc) is 3.46. The van der Waals surface area contributed by atoms with Crippen LogP contribution in [0.15, 0.2) is 35.3 Å². The van der Waals surface area contributed by atoms with Crippen molar-refractivity contribution in [2.24, 2.45) is 10.4 Å². The van der Waals surface area contributed by atoms with Gasteiger partial charge in [0.2, 0.25) is 0 Å². The smallest absolute Gasteiger partial charge is 0.191 e. The molecule has 1 unspecified atom stereocenters. The summed E-state index contributed by atoms with van der Waals surface area (Å²) in [6, 6.07) is 10.4. The third-order valence-electron chi connectivity index (χ3n) is 5.11. The van der Waals surface area contributed by atoms with Crippen molar-refractivity contribution < 1.29 is 9.47 Å². The normalized spacial score (nSPS) is 16.8. The maximum atomic E-state index is 5.93. The molecule has 0 saturated heterocycles. The highest BCUT2D eigenvalue weighted by atomic mass is 16.5. The Morgan fingerprint density at radius 3 is 2.59 bits per heavy atom. The molecule has 2 rings (SSSR count). The Balaban J connectivity index is 1.65. The number of ether oxygens (including phenoxy) is 2. The molecule has 0 aliphatic heterocycles. The van der Waals surface area contributed by atoms with Gasteiger partial charge < -0.3 is 20.1 Å². The summed E-state index contributed by atoms with van der Waals surface area (Å²) in [5.41, 5.74) is 1.60. The van der Waals surface area contributed by atoms with Crippen LogP contribution in [0.5, 0.6) is 0 Å². The summed E-state index contributed by atoms with van der Waals surface area (Å²) < 4.78 is 11.4. The standard InChI is InChI=1S/C22H37N3O2/c1-4-23-21(25-18-22(12-13-22)14-17-26-5-2)24-15-9-16-27-19(3)20-10-7-6-8-11-20/h6-8,10-11,19H,4-5,9,12-18H2,1-3H3,(H2,23,24,25). The fraction of sp³-hybridized carbons (Fsp3) is 0.682. The molecule has 1 atom stereocenters. The Hall–Kier alpha value is -1.59. The summed E-state index contributed by atoms with van der Waals surface area (Å²) >= 11 is 0. The maximum Gasteiger partial charge on any atom is 0.191 e. The molecule has 0 spiro atoms. The van der Waals surface area contributed by atoms with Crippen LogP contribution in [0, 0.1) is 5.41 Å². The summed E-state index contributed by atoms with van der Waals surface area (Å²) in [6.07, 6.45) is 4.75. The van der Waals surface area contributed by atoms with Crippen LogP contribution in [-0.4, -0.2) is 45.4 Å². The van der Waals surface area contributed by atoms with Crippen LogP contribution in [0.4, 0.5) is 0 Å². The molecule has 1 aliphatic rings. The molecule has 27 heavy (non-hydrogen) atoms. The van der Waals surface area contributed by atoms with Crippen molar-refractivity contribution in [2.45, 2.75) is 52.6 Å². The van der Waals surface area contributed by atoms with E-state index in [1.54, 1.807) is 0 Å². The summed E-state index contributed by atoms with van der Waals surface area (Å²) in [6.45, 7) is 11.3. The summed E-state index contributed by atoms with van der Waals surface area (Å²) in [7, 11) is 0. The van der Waals surface area contributed by atoms with E-state index in [0.717, 1.165) is 58.3 Å².